The Morgan fingerprint density at radius 3 is 3.00 bits per heavy atom. The Bertz CT molecular complexity index is 1060. The number of carboxylic acid groups (broad SMARTS) is 1. The number of thioether (sulfide) groups is 1. The van der Waals surface area contributed by atoms with Crippen molar-refractivity contribution in [3.05, 3.63) is 25.5 Å². The number of amides is 1. The molecule has 1 saturated carbocycles. The van der Waals surface area contributed by atoms with Gasteiger partial charge in [-0.3, -0.25) is 0 Å². The standard InChI is InChI=1S/C19H17BrFIN4O2S/c1-29-18-14(22)17(24-15-9-6-11(15)26(7-9)19(27)28)10-5-8(3-2-4-23)12(20)13(21)16(10)25-18/h5,9,11,15H,2-3,6-7H2,1H3,(H,24,25)(H,27,28)/t9-,11-,15+/m1/s1. The van der Waals surface area contributed by atoms with Crippen molar-refractivity contribution in [2.24, 2.45) is 5.92 Å². The number of fused-ring (bicyclic) bond motifs is 2. The Morgan fingerprint density at radius 1 is 1.62 bits per heavy atom. The fourth-order valence-electron chi connectivity index (χ4n) is 4.21. The molecule has 0 unspecified atom stereocenters. The maximum Gasteiger partial charge on any atom is 0.407 e. The van der Waals surface area contributed by atoms with Gasteiger partial charge in [0.25, 0.3) is 0 Å². The van der Waals surface area contributed by atoms with Gasteiger partial charge in [-0.15, -0.1) is 11.8 Å². The molecule has 0 spiro atoms. The summed E-state index contributed by atoms with van der Waals surface area (Å²) in [4.78, 5) is 17.5. The molecule has 3 heterocycles. The third kappa shape index (κ3) is 3.45. The first-order chi connectivity index (χ1) is 13.9. The Morgan fingerprint density at radius 2 is 2.38 bits per heavy atom. The van der Waals surface area contributed by atoms with Crippen LogP contribution in [0.1, 0.15) is 18.4 Å². The van der Waals surface area contributed by atoms with Crippen LogP contribution in [0.4, 0.5) is 14.9 Å². The van der Waals surface area contributed by atoms with Crippen molar-refractivity contribution in [3.8, 4) is 6.07 Å². The lowest BCUT2D eigenvalue weighted by molar-refractivity contribution is 0.140. The van der Waals surface area contributed by atoms with E-state index in [2.05, 4.69) is 54.9 Å². The summed E-state index contributed by atoms with van der Waals surface area (Å²) in [7, 11) is 0. The lowest BCUT2D eigenvalue weighted by Gasteiger charge is -2.37. The maximum atomic E-state index is 15.2. The highest BCUT2D eigenvalue weighted by atomic mass is 127. The molecule has 2 saturated heterocycles. The van der Waals surface area contributed by atoms with E-state index in [0.29, 0.717) is 29.2 Å². The first-order valence-corrected chi connectivity index (χ1v) is 12.1. The van der Waals surface area contributed by atoms with Crippen molar-refractivity contribution >= 4 is 73.0 Å². The first kappa shape index (κ1) is 20.9. The predicted molar refractivity (Wildman–Crippen MR) is 122 cm³/mol. The van der Waals surface area contributed by atoms with Crippen LogP contribution < -0.4 is 5.32 Å². The molecule has 1 amide bonds. The quantitative estimate of drug-likeness (QED) is 0.373. The minimum absolute atomic E-state index is 0.00851. The molecule has 0 radical (unpaired) electrons. The summed E-state index contributed by atoms with van der Waals surface area (Å²) in [5.74, 6) is -0.180. The number of hydrogen-bond acceptors (Lipinski definition) is 5. The average molecular weight is 591 g/mol. The van der Waals surface area contributed by atoms with E-state index < -0.39 is 11.9 Å². The van der Waals surface area contributed by atoms with Gasteiger partial charge in [-0.05, 0) is 69.2 Å². The predicted octanol–water partition coefficient (Wildman–Crippen LogP) is 5.08. The fourth-order valence-corrected chi connectivity index (χ4v) is 6.41. The normalized spacial score (nSPS) is 22.4. The molecule has 10 heteroatoms. The molecule has 2 aromatic rings. The molecule has 3 atom stereocenters. The largest absolute Gasteiger partial charge is 0.465 e. The molecular weight excluding hydrogens is 574 g/mol. The van der Waals surface area contributed by atoms with Crippen LogP contribution in [0.15, 0.2) is 15.6 Å². The third-order valence-corrected chi connectivity index (χ3v) is 8.66. The van der Waals surface area contributed by atoms with E-state index in [-0.39, 0.29) is 23.5 Å². The van der Waals surface area contributed by atoms with Gasteiger partial charge in [-0.2, -0.15) is 5.26 Å². The zero-order chi connectivity index (χ0) is 20.9. The molecule has 5 rings (SSSR count). The summed E-state index contributed by atoms with van der Waals surface area (Å²) in [5.41, 5.74) is 1.78. The fraction of sp³-hybridized carbons (Fsp3) is 0.421. The van der Waals surface area contributed by atoms with E-state index >= 15 is 4.39 Å². The van der Waals surface area contributed by atoms with Crippen LogP contribution in [0.5, 0.6) is 0 Å². The molecule has 1 aromatic heterocycles. The summed E-state index contributed by atoms with van der Waals surface area (Å²) in [6.07, 6.45) is 2.58. The molecule has 2 aliphatic heterocycles. The molecule has 2 bridgehead atoms. The van der Waals surface area contributed by atoms with E-state index in [1.54, 1.807) is 0 Å². The highest BCUT2D eigenvalue weighted by molar-refractivity contribution is 14.1. The third-order valence-electron chi connectivity index (χ3n) is 5.70. The Labute approximate surface area is 193 Å². The summed E-state index contributed by atoms with van der Waals surface area (Å²) < 4.78 is 16.4. The van der Waals surface area contributed by atoms with Gasteiger partial charge < -0.3 is 15.3 Å². The zero-order valence-electron chi connectivity index (χ0n) is 15.4. The van der Waals surface area contributed by atoms with Crippen LogP contribution in [-0.4, -0.2) is 46.0 Å². The summed E-state index contributed by atoms with van der Waals surface area (Å²) >= 11 is 6.98. The average Bonchev–Trinajstić information content (AvgIpc) is 3.29. The molecule has 1 aliphatic carbocycles. The lowest BCUT2D eigenvalue weighted by Crippen LogP contribution is -2.49. The number of nitriles is 1. The highest BCUT2D eigenvalue weighted by Crippen LogP contribution is 2.45. The van der Waals surface area contributed by atoms with E-state index in [9.17, 15) is 9.90 Å². The van der Waals surface area contributed by atoms with Crippen LogP contribution >= 0.6 is 50.3 Å². The van der Waals surface area contributed by atoms with Gasteiger partial charge in [0.15, 0.2) is 5.82 Å². The van der Waals surface area contributed by atoms with Crippen LogP contribution in [0, 0.1) is 26.6 Å². The van der Waals surface area contributed by atoms with Gasteiger partial charge in [0.1, 0.15) is 10.5 Å². The number of aromatic nitrogens is 1. The van der Waals surface area contributed by atoms with E-state index in [0.717, 1.165) is 26.3 Å². The van der Waals surface area contributed by atoms with Gasteiger partial charge in [0, 0.05) is 24.3 Å². The van der Waals surface area contributed by atoms with Crippen molar-refractivity contribution in [1.29, 1.82) is 5.26 Å². The second-order valence-corrected chi connectivity index (χ2v) is 9.86. The van der Waals surface area contributed by atoms with Crippen molar-refractivity contribution in [1.82, 2.24) is 9.88 Å². The number of anilines is 1. The number of nitrogens with zero attached hydrogens (tertiary/aromatic N) is 3. The summed E-state index contributed by atoms with van der Waals surface area (Å²) in [6, 6.07) is 3.93. The number of hydrogen-bond donors (Lipinski definition) is 2. The Balaban J connectivity index is 1.81. The highest BCUT2D eigenvalue weighted by Gasteiger charge is 2.54. The van der Waals surface area contributed by atoms with Crippen molar-refractivity contribution in [2.75, 3.05) is 18.1 Å². The topological polar surface area (TPSA) is 89.3 Å². The zero-order valence-corrected chi connectivity index (χ0v) is 19.9. The summed E-state index contributed by atoms with van der Waals surface area (Å²) in [5, 5.41) is 23.2. The number of nitrogens with one attached hydrogen (secondary N) is 1. The van der Waals surface area contributed by atoms with Crippen LogP contribution in [0.3, 0.4) is 0 Å². The van der Waals surface area contributed by atoms with Crippen LogP contribution in [0.25, 0.3) is 10.9 Å². The second kappa shape index (κ2) is 8.07. The molecule has 152 valence electrons. The SMILES string of the molecule is CSc1nc2c(F)c(Br)c(CCC#N)cc2c(N[C@H]2[C@@H]3C[C@H]2N(C(=O)O)C3)c1I. The van der Waals surface area contributed by atoms with Crippen molar-refractivity contribution in [3.63, 3.8) is 0 Å². The van der Waals surface area contributed by atoms with E-state index in [1.807, 2.05) is 12.3 Å². The number of rotatable bonds is 5. The molecule has 29 heavy (non-hydrogen) atoms. The van der Waals surface area contributed by atoms with Gasteiger partial charge in [-0.25, -0.2) is 14.2 Å². The molecule has 6 nitrogen and oxygen atoms in total. The number of benzene rings is 1. The first-order valence-electron chi connectivity index (χ1n) is 9.04. The van der Waals surface area contributed by atoms with Gasteiger partial charge in [0.2, 0.25) is 0 Å². The molecule has 1 aromatic carbocycles. The number of pyridine rings is 1. The van der Waals surface area contributed by atoms with Crippen LogP contribution in [0.2, 0.25) is 0 Å². The molecule has 3 fully saturated rings. The molecule has 2 N–H and O–H groups in total. The molecular formula is C19H17BrFIN4O2S. The smallest absolute Gasteiger partial charge is 0.407 e. The maximum absolute atomic E-state index is 15.2. The van der Waals surface area contributed by atoms with E-state index in [1.165, 1.54) is 16.7 Å². The minimum Gasteiger partial charge on any atom is -0.465 e. The molecule has 3 aliphatic rings. The lowest BCUT2D eigenvalue weighted by atomic mass is 9.80. The number of halogens is 3. The monoisotopic (exact) mass is 590 g/mol. The van der Waals surface area contributed by atoms with Crippen molar-refractivity contribution < 1.29 is 14.3 Å². The number of aryl methyl sites for hydroxylation is 1. The Kier molecular flexibility index (Phi) is 5.83. The van der Waals surface area contributed by atoms with Gasteiger partial charge in [-0.1, -0.05) is 0 Å². The minimum atomic E-state index is -0.894. The van der Waals surface area contributed by atoms with Crippen LogP contribution in [-0.2, 0) is 6.42 Å². The van der Waals surface area contributed by atoms with Gasteiger partial charge >= 0.3 is 6.09 Å². The number of carbonyl (C=O) groups is 1. The van der Waals surface area contributed by atoms with E-state index in [4.69, 9.17) is 5.26 Å². The summed E-state index contributed by atoms with van der Waals surface area (Å²) in [6.45, 7) is 0.528. The van der Waals surface area contributed by atoms with Crippen molar-refractivity contribution in [2.45, 2.75) is 36.4 Å². The van der Waals surface area contributed by atoms with Gasteiger partial charge in [0.05, 0.1) is 31.9 Å². The Hall–Kier alpha value is -1.32. The second-order valence-electron chi connectivity index (χ2n) is 7.20.